The number of halogens is 3. The highest BCUT2D eigenvalue weighted by Crippen LogP contribution is 2.35. The minimum absolute atomic E-state index is 0.288. The average Bonchev–Trinajstić information content (AvgIpc) is 3.48. The van der Waals surface area contributed by atoms with Gasteiger partial charge >= 0.3 is 6.18 Å². The first-order valence-electron chi connectivity index (χ1n) is 11.5. The molecule has 0 aliphatic carbocycles. The number of aromatic nitrogens is 4. The Balaban J connectivity index is 0.000000216. The molecule has 202 valence electrons. The lowest BCUT2D eigenvalue weighted by atomic mass is 10.1. The van der Waals surface area contributed by atoms with Gasteiger partial charge in [-0.2, -0.15) is 23.4 Å². The van der Waals surface area contributed by atoms with Crippen molar-refractivity contribution >= 4 is 17.9 Å². The number of carbonyl (C=O) groups is 1. The minimum atomic E-state index is -4.35. The third-order valence-corrected chi connectivity index (χ3v) is 5.42. The number of hydrogen-bond donors (Lipinski definition) is 2. The van der Waals surface area contributed by atoms with E-state index in [2.05, 4.69) is 20.8 Å². The summed E-state index contributed by atoms with van der Waals surface area (Å²) >= 11 is 0. The third kappa shape index (κ3) is 6.91. The van der Waals surface area contributed by atoms with Gasteiger partial charge in [0.1, 0.15) is 23.9 Å². The summed E-state index contributed by atoms with van der Waals surface area (Å²) in [6, 6.07) is 13.0. The zero-order valence-electron chi connectivity index (χ0n) is 21.4. The first kappa shape index (κ1) is 28.3. The molecule has 12 heteroatoms. The number of alkyl halides is 3. The number of anilines is 2. The van der Waals surface area contributed by atoms with Crippen LogP contribution in [0.1, 0.15) is 11.1 Å². The van der Waals surface area contributed by atoms with E-state index in [1.165, 1.54) is 13.2 Å². The Hall–Kier alpha value is -4.32. The lowest BCUT2D eigenvalue weighted by Crippen LogP contribution is -2.09. The molecule has 0 fully saturated rings. The van der Waals surface area contributed by atoms with E-state index < -0.39 is 11.7 Å². The van der Waals surface area contributed by atoms with E-state index in [1.807, 2.05) is 50.5 Å². The molecule has 0 bridgehead atoms. The van der Waals surface area contributed by atoms with Gasteiger partial charge in [0.2, 0.25) is 6.41 Å². The molecule has 1 amide bonds. The molecule has 0 unspecified atom stereocenters. The van der Waals surface area contributed by atoms with Gasteiger partial charge in [-0.3, -0.25) is 9.48 Å². The van der Waals surface area contributed by atoms with Crippen molar-refractivity contribution in [2.45, 2.75) is 13.1 Å². The van der Waals surface area contributed by atoms with Crippen LogP contribution in [0.4, 0.5) is 24.7 Å². The number of nitrogens with one attached hydrogen (secondary N) is 2. The zero-order chi connectivity index (χ0) is 27.7. The van der Waals surface area contributed by atoms with Crippen LogP contribution in [0.2, 0.25) is 0 Å². The third-order valence-electron chi connectivity index (χ3n) is 5.42. The number of rotatable bonds is 9. The largest absolute Gasteiger partial charge is 0.489 e. The van der Waals surface area contributed by atoms with Gasteiger partial charge < -0.3 is 20.1 Å². The highest BCUT2D eigenvalue weighted by Gasteiger charge is 2.31. The summed E-state index contributed by atoms with van der Waals surface area (Å²) in [6.45, 7) is 2.60. The first-order chi connectivity index (χ1) is 18.2. The van der Waals surface area contributed by atoms with Gasteiger partial charge in [-0.1, -0.05) is 18.2 Å². The number of hydrogen-bond acceptors (Lipinski definition) is 6. The number of ether oxygens (including phenoxy) is 2. The van der Waals surface area contributed by atoms with Crippen LogP contribution in [-0.4, -0.2) is 53.3 Å². The Bertz CT molecular complexity index is 1340. The molecular weight excluding hydrogens is 501 g/mol. The van der Waals surface area contributed by atoms with Crippen LogP contribution in [0.3, 0.4) is 0 Å². The second-order valence-corrected chi connectivity index (χ2v) is 8.03. The van der Waals surface area contributed by atoms with E-state index in [0.717, 1.165) is 34.6 Å². The molecule has 9 nitrogen and oxygen atoms in total. The molecule has 2 aromatic carbocycles. The number of benzene rings is 2. The Morgan fingerprint density at radius 2 is 1.84 bits per heavy atom. The summed E-state index contributed by atoms with van der Waals surface area (Å²) < 4.78 is 50.9. The van der Waals surface area contributed by atoms with Crippen LogP contribution in [-0.2, 0) is 22.8 Å². The number of aryl methyl sites for hydroxylation is 1. The van der Waals surface area contributed by atoms with Crippen molar-refractivity contribution < 1.29 is 27.4 Å². The standard InChI is InChI=1S/C15H15N5O.C11H14F3NO2/c1-11-14(12-8-17-19(2)9-12)18-20(15(11)16-10-21)13-6-4-3-5-7-13;1-15-9-7-8(11(12,13)14)3-4-10(9)17-6-5-16-2/h3-10H,1-2H3,(H,16,21);3-4,7,15H,5-6H2,1-2H3. The minimum Gasteiger partial charge on any atom is -0.489 e. The van der Waals surface area contributed by atoms with Gasteiger partial charge in [-0.05, 0) is 37.3 Å². The molecule has 0 saturated heterocycles. The fourth-order valence-corrected chi connectivity index (χ4v) is 3.56. The second-order valence-electron chi connectivity index (χ2n) is 8.03. The highest BCUT2D eigenvalue weighted by atomic mass is 19.4. The molecule has 0 aliphatic heterocycles. The summed E-state index contributed by atoms with van der Waals surface area (Å²) in [5.74, 6) is 1.03. The molecule has 0 spiro atoms. The lowest BCUT2D eigenvalue weighted by molar-refractivity contribution is -0.137. The number of methoxy groups -OCH3 is 1. The monoisotopic (exact) mass is 530 g/mol. The van der Waals surface area contributed by atoms with Gasteiger partial charge in [0.05, 0.1) is 29.7 Å². The van der Waals surface area contributed by atoms with Crippen molar-refractivity contribution in [1.82, 2.24) is 19.6 Å². The Morgan fingerprint density at radius 3 is 2.42 bits per heavy atom. The summed E-state index contributed by atoms with van der Waals surface area (Å²) in [6.07, 6.45) is -0.0299. The van der Waals surface area contributed by atoms with E-state index in [4.69, 9.17) is 9.47 Å². The van der Waals surface area contributed by atoms with Crippen molar-refractivity contribution in [3.63, 3.8) is 0 Å². The molecule has 4 rings (SSSR count). The molecule has 0 atom stereocenters. The number of carbonyl (C=O) groups excluding carboxylic acids is 1. The summed E-state index contributed by atoms with van der Waals surface area (Å²) in [5, 5.41) is 14.2. The Kier molecular flexibility index (Phi) is 9.49. The van der Waals surface area contributed by atoms with Crippen molar-refractivity contribution in [1.29, 1.82) is 0 Å². The molecule has 38 heavy (non-hydrogen) atoms. The Morgan fingerprint density at radius 1 is 1.11 bits per heavy atom. The predicted octanol–water partition coefficient (Wildman–Crippen LogP) is 4.92. The van der Waals surface area contributed by atoms with Gasteiger partial charge in [0.25, 0.3) is 0 Å². The topological polar surface area (TPSA) is 95.2 Å². The van der Waals surface area contributed by atoms with Crippen molar-refractivity contribution in [2.24, 2.45) is 7.05 Å². The summed E-state index contributed by atoms with van der Waals surface area (Å²) in [5.41, 5.74) is 3.10. The van der Waals surface area contributed by atoms with E-state index >= 15 is 0 Å². The molecule has 2 aromatic heterocycles. The molecule has 4 aromatic rings. The predicted molar refractivity (Wildman–Crippen MR) is 139 cm³/mol. The fraction of sp³-hybridized carbons (Fsp3) is 0.269. The maximum absolute atomic E-state index is 12.5. The fourth-order valence-electron chi connectivity index (χ4n) is 3.56. The van der Waals surface area contributed by atoms with Crippen molar-refractivity contribution in [3.8, 4) is 22.7 Å². The van der Waals surface area contributed by atoms with Crippen molar-refractivity contribution in [2.75, 3.05) is 38.0 Å². The SMILES string of the molecule is CNc1cc(C(F)(F)F)ccc1OCCOC.Cc1c(-c2cnn(C)c2)nn(-c2ccccc2)c1NC=O. The number of nitrogens with zero attached hydrogens (tertiary/aromatic N) is 4. The van der Waals surface area contributed by atoms with Gasteiger partial charge in [-0.15, -0.1) is 0 Å². The maximum Gasteiger partial charge on any atom is 0.416 e. The zero-order valence-corrected chi connectivity index (χ0v) is 21.4. The van der Waals surface area contributed by atoms with Crippen LogP contribution in [0, 0.1) is 6.92 Å². The molecule has 0 radical (unpaired) electrons. The number of amides is 1. The average molecular weight is 531 g/mol. The van der Waals surface area contributed by atoms with E-state index in [0.29, 0.717) is 30.3 Å². The van der Waals surface area contributed by atoms with Crippen molar-refractivity contribution in [3.05, 3.63) is 72.1 Å². The second kappa shape index (κ2) is 12.8. The van der Waals surface area contributed by atoms with Crippen LogP contribution >= 0.6 is 0 Å². The van der Waals surface area contributed by atoms with Crippen LogP contribution < -0.4 is 15.4 Å². The van der Waals surface area contributed by atoms with E-state index in [9.17, 15) is 18.0 Å². The maximum atomic E-state index is 12.5. The summed E-state index contributed by atoms with van der Waals surface area (Å²) in [4.78, 5) is 10.9. The van der Waals surface area contributed by atoms with E-state index in [1.54, 1.807) is 22.6 Å². The van der Waals surface area contributed by atoms with Crippen LogP contribution in [0.5, 0.6) is 5.75 Å². The van der Waals surface area contributed by atoms with E-state index in [-0.39, 0.29) is 6.61 Å². The van der Waals surface area contributed by atoms with Crippen LogP contribution in [0.15, 0.2) is 60.9 Å². The summed E-state index contributed by atoms with van der Waals surface area (Å²) in [7, 11) is 4.92. The lowest BCUT2D eigenvalue weighted by Gasteiger charge is -2.14. The Labute approximate surface area is 218 Å². The quantitative estimate of drug-likeness (QED) is 0.236. The van der Waals surface area contributed by atoms with Gasteiger partial charge in [0, 0.05) is 38.5 Å². The molecule has 2 N–H and O–H groups in total. The molecule has 0 saturated carbocycles. The highest BCUT2D eigenvalue weighted by molar-refractivity contribution is 5.77. The van der Waals surface area contributed by atoms with Gasteiger partial charge in [0.15, 0.2) is 0 Å². The van der Waals surface area contributed by atoms with Crippen LogP contribution in [0.25, 0.3) is 16.9 Å². The first-order valence-corrected chi connectivity index (χ1v) is 11.5. The molecular formula is C26H29F3N6O3. The van der Waals surface area contributed by atoms with Gasteiger partial charge in [-0.25, -0.2) is 4.68 Å². The normalized spacial score (nSPS) is 10.9. The molecule has 0 aliphatic rings. The molecule has 2 heterocycles. The number of para-hydroxylation sites is 1. The smallest absolute Gasteiger partial charge is 0.416 e.